The predicted octanol–water partition coefficient (Wildman–Crippen LogP) is 1.99. The van der Waals surface area contributed by atoms with Gasteiger partial charge in [0.25, 0.3) is 0 Å². The minimum atomic E-state index is -0.169. The number of hydrogen-bond donors (Lipinski definition) is 0. The molecule has 3 rings (SSSR count). The van der Waals surface area contributed by atoms with E-state index in [2.05, 4.69) is 17.0 Å². The first-order valence-electron chi connectivity index (χ1n) is 10.00. The van der Waals surface area contributed by atoms with Crippen molar-refractivity contribution in [2.75, 3.05) is 39.3 Å². The van der Waals surface area contributed by atoms with Gasteiger partial charge in [0.1, 0.15) is 5.75 Å². The SMILES string of the molecule is CCOc1ccc(CN2CCN(C(=O)[C@H]3CC(=O)N(C(C)C)C3)CC2)cc1. The highest BCUT2D eigenvalue weighted by atomic mass is 16.5. The maximum Gasteiger partial charge on any atom is 0.228 e. The first kappa shape index (κ1) is 19.7. The quantitative estimate of drug-likeness (QED) is 0.765. The third-order valence-corrected chi connectivity index (χ3v) is 5.46. The second-order valence-corrected chi connectivity index (χ2v) is 7.72. The lowest BCUT2D eigenvalue weighted by Crippen LogP contribution is -2.50. The number of amides is 2. The highest BCUT2D eigenvalue weighted by Crippen LogP contribution is 2.23. The molecule has 0 N–H and O–H groups in total. The number of ether oxygens (including phenoxy) is 1. The van der Waals surface area contributed by atoms with Gasteiger partial charge in [0, 0.05) is 51.7 Å². The molecule has 2 fully saturated rings. The summed E-state index contributed by atoms with van der Waals surface area (Å²) in [4.78, 5) is 31.0. The van der Waals surface area contributed by atoms with Crippen molar-refractivity contribution in [3.05, 3.63) is 29.8 Å². The van der Waals surface area contributed by atoms with Crippen molar-refractivity contribution < 1.29 is 14.3 Å². The summed E-state index contributed by atoms with van der Waals surface area (Å²) in [7, 11) is 0. The molecule has 2 amide bonds. The van der Waals surface area contributed by atoms with Gasteiger partial charge in [-0.2, -0.15) is 0 Å². The van der Waals surface area contributed by atoms with Crippen molar-refractivity contribution in [3.8, 4) is 5.75 Å². The summed E-state index contributed by atoms with van der Waals surface area (Å²) in [5, 5.41) is 0. The van der Waals surface area contributed by atoms with Crippen LogP contribution in [0.4, 0.5) is 0 Å². The lowest BCUT2D eigenvalue weighted by atomic mass is 10.1. The van der Waals surface area contributed by atoms with Crippen molar-refractivity contribution in [1.82, 2.24) is 14.7 Å². The number of hydrogen-bond acceptors (Lipinski definition) is 4. The van der Waals surface area contributed by atoms with Crippen molar-refractivity contribution in [2.45, 2.75) is 39.8 Å². The number of likely N-dealkylation sites (tertiary alicyclic amines) is 1. The minimum absolute atomic E-state index is 0.109. The maximum absolute atomic E-state index is 12.8. The first-order chi connectivity index (χ1) is 13.0. The number of piperazine rings is 1. The van der Waals surface area contributed by atoms with E-state index >= 15 is 0 Å². The summed E-state index contributed by atoms with van der Waals surface area (Å²) in [6, 6.07) is 8.40. The van der Waals surface area contributed by atoms with Crippen molar-refractivity contribution >= 4 is 11.8 Å². The van der Waals surface area contributed by atoms with Crippen LogP contribution in [-0.4, -0.2) is 71.9 Å². The van der Waals surface area contributed by atoms with E-state index in [4.69, 9.17) is 4.74 Å². The molecule has 27 heavy (non-hydrogen) atoms. The average Bonchev–Trinajstić information content (AvgIpc) is 3.06. The number of carbonyl (C=O) groups is 2. The standard InChI is InChI=1S/C21H31N3O3/c1-4-27-19-7-5-17(6-8-19)14-22-9-11-23(12-10-22)21(26)18-13-20(25)24(15-18)16(2)3/h5-8,16,18H,4,9-15H2,1-3H3/t18-/m0/s1. The van der Waals surface area contributed by atoms with Gasteiger partial charge in [0.05, 0.1) is 12.5 Å². The van der Waals surface area contributed by atoms with Gasteiger partial charge < -0.3 is 14.5 Å². The molecular weight excluding hydrogens is 342 g/mol. The highest BCUT2D eigenvalue weighted by molar-refractivity contribution is 5.89. The summed E-state index contributed by atoms with van der Waals surface area (Å²) in [5.41, 5.74) is 1.26. The first-order valence-corrected chi connectivity index (χ1v) is 10.00. The summed E-state index contributed by atoms with van der Waals surface area (Å²) < 4.78 is 5.48. The van der Waals surface area contributed by atoms with Gasteiger partial charge in [-0.15, -0.1) is 0 Å². The van der Waals surface area contributed by atoms with E-state index in [0.29, 0.717) is 19.6 Å². The molecule has 0 radical (unpaired) electrons. The molecule has 0 saturated carbocycles. The largest absolute Gasteiger partial charge is 0.494 e. The van der Waals surface area contributed by atoms with E-state index in [1.165, 1.54) is 5.56 Å². The smallest absolute Gasteiger partial charge is 0.228 e. The number of benzene rings is 1. The van der Waals surface area contributed by atoms with Gasteiger partial charge in [-0.1, -0.05) is 12.1 Å². The molecule has 2 saturated heterocycles. The van der Waals surface area contributed by atoms with Gasteiger partial charge in [-0.3, -0.25) is 14.5 Å². The maximum atomic E-state index is 12.8. The fourth-order valence-electron chi connectivity index (χ4n) is 3.90. The van der Waals surface area contributed by atoms with Crippen LogP contribution in [0.25, 0.3) is 0 Å². The Morgan fingerprint density at radius 3 is 2.37 bits per heavy atom. The minimum Gasteiger partial charge on any atom is -0.494 e. The molecule has 1 aromatic rings. The second kappa shape index (κ2) is 8.74. The van der Waals surface area contributed by atoms with Crippen LogP contribution in [-0.2, 0) is 16.1 Å². The van der Waals surface area contributed by atoms with Crippen LogP contribution in [0, 0.1) is 5.92 Å². The lowest BCUT2D eigenvalue weighted by Gasteiger charge is -2.36. The monoisotopic (exact) mass is 373 g/mol. The molecule has 2 aliphatic rings. The second-order valence-electron chi connectivity index (χ2n) is 7.72. The summed E-state index contributed by atoms with van der Waals surface area (Å²) >= 11 is 0. The van der Waals surface area contributed by atoms with Gasteiger partial charge in [0.2, 0.25) is 11.8 Å². The number of carbonyl (C=O) groups excluding carboxylic acids is 2. The molecule has 6 heteroatoms. The Hall–Kier alpha value is -2.08. The topological polar surface area (TPSA) is 53.1 Å². The zero-order valence-corrected chi connectivity index (χ0v) is 16.7. The van der Waals surface area contributed by atoms with E-state index in [-0.39, 0.29) is 23.8 Å². The van der Waals surface area contributed by atoms with Crippen LogP contribution in [0.2, 0.25) is 0 Å². The Balaban J connectivity index is 1.47. The Labute approximate surface area is 162 Å². The van der Waals surface area contributed by atoms with Crippen LogP contribution in [0.5, 0.6) is 5.75 Å². The fraction of sp³-hybridized carbons (Fsp3) is 0.619. The third kappa shape index (κ3) is 4.80. The van der Waals surface area contributed by atoms with Crippen molar-refractivity contribution in [2.24, 2.45) is 5.92 Å². The number of rotatable bonds is 6. The van der Waals surface area contributed by atoms with Crippen LogP contribution < -0.4 is 4.74 Å². The molecule has 0 unspecified atom stereocenters. The Morgan fingerprint density at radius 1 is 1.15 bits per heavy atom. The van der Waals surface area contributed by atoms with Gasteiger partial charge in [-0.25, -0.2) is 0 Å². The third-order valence-electron chi connectivity index (χ3n) is 5.46. The molecule has 1 aromatic carbocycles. The molecule has 2 heterocycles. The summed E-state index contributed by atoms with van der Waals surface area (Å²) in [5.74, 6) is 0.987. The van der Waals surface area contributed by atoms with Gasteiger partial charge in [-0.05, 0) is 38.5 Å². The Bertz CT molecular complexity index is 651. The molecule has 148 valence electrons. The Morgan fingerprint density at radius 2 is 1.81 bits per heavy atom. The normalized spacial score (nSPS) is 21.2. The molecule has 0 spiro atoms. The van der Waals surface area contributed by atoms with E-state index in [0.717, 1.165) is 38.5 Å². The van der Waals surface area contributed by atoms with Crippen LogP contribution in [0.1, 0.15) is 32.8 Å². The molecule has 6 nitrogen and oxygen atoms in total. The summed E-state index contributed by atoms with van der Waals surface area (Å²) in [6.45, 7) is 11.3. The van der Waals surface area contributed by atoms with Crippen LogP contribution in [0.3, 0.4) is 0 Å². The molecular formula is C21H31N3O3. The molecule has 0 aromatic heterocycles. The van der Waals surface area contributed by atoms with Gasteiger partial charge in [0.15, 0.2) is 0 Å². The van der Waals surface area contributed by atoms with E-state index in [1.54, 1.807) is 0 Å². The van der Waals surface area contributed by atoms with E-state index < -0.39 is 0 Å². The van der Waals surface area contributed by atoms with Gasteiger partial charge >= 0.3 is 0 Å². The molecule has 2 aliphatic heterocycles. The number of nitrogens with zero attached hydrogens (tertiary/aromatic N) is 3. The van der Waals surface area contributed by atoms with Crippen LogP contribution >= 0.6 is 0 Å². The van der Waals surface area contributed by atoms with E-state index in [9.17, 15) is 9.59 Å². The molecule has 0 bridgehead atoms. The lowest BCUT2D eigenvalue weighted by molar-refractivity contribution is -0.137. The molecule has 1 atom stereocenters. The fourth-order valence-corrected chi connectivity index (χ4v) is 3.90. The van der Waals surface area contributed by atoms with Crippen molar-refractivity contribution in [3.63, 3.8) is 0 Å². The summed E-state index contributed by atoms with van der Waals surface area (Å²) in [6.07, 6.45) is 0.364. The molecule has 0 aliphatic carbocycles. The predicted molar refractivity (Wildman–Crippen MR) is 104 cm³/mol. The zero-order chi connectivity index (χ0) is 19.4. The average molecular weight is 373 g/mol. The highest BCUT2D eigenvalue weighted by Gasteiger charge is 2.38. The van der Waals surface area contributed by atoms with Crippen LogP contribution in [0.15, 0.2) is 24.3 Å². The van der Waals surface area contributed by atoms with E-state index in [1.807, 2.05) is 42.7 Å². The van der Waals surface area contributed by atoms with Crippen molar-refractivity contribution in [1.29, 1.82) is 0 Å². The zero-order valence-electron chi connectivity index (χ0n) is 16.7. The Kier molecular flexibility index (Phi) is 6.37.